The normalized spacial score (nSPS) is 10.1. The molecule has 0 bridgehead atoms. The second-order valence-electron chi connectivity index (χ2n) is 4.21. The van der Waals surface area contributed by atoms with Gasteiger partial charge in [-0.3, -0.25) is 14.4 Å². The summed E-state index contributed by atoms with van der Waals surface area (Å²) in [5, 5.41) is 1.05. The summed E-state index contributed by atoms with van der Waals surface area (Å²) in [6.07, 6.45) is 1.43. The number of ether oxygens (including phenoxy) is 1. The van der Waals surface area contributed by atoms with Gasteiger partial charge >= 0.3 is 0 Å². The maximum Gasteiger partial charge on any atom is 0.278 e. The Morgan fingerprint density at radius 1 is 1.19 bits per heavy atom. The number of hydrogen-bond acceptors (Lipinski definition) is 5. The summed E-state index contributed by atoms with van der Waals surface area (Å²) >= 11 is 0. The van der Waals surface area contributed by atoms with E-state index in [9.17, 15) is 9.59 Å². The Morgan fingerprint density at radius 2 is 1.81 bits per heavy atom. The van der Waals surface area contributed by atoms with E-state index in [2.05, 4.69) is 4.98 Å². The van der Waals surface area contributed by atoms with E-state index in [0.717, 1.165) is 5.06 Å². The third-order valence-electron chi connectivity index (χ3n) is 3.16. The van der Waals surface area contributed by atoms with Gasteiger partial charge in [0, 0.05) is 26.3 Å². The highest BCUT2D eigenvalue weighted by Gasteiger charge is 2.27. The lowest BCUT2D eigenvalue weighted by molar-refractivity contribution is -0.0757. The van der Waals surface area contributed by atoms with Gasteiger partial charge in [0.2, 0.25) is 5.88 Å². The molecule has 0 radical (unpaired) electrons. The van der Waals surface area contributed by atoms with Gasteiger partial charge < -0.3 is 9.64 Å². The maximum atomic E-state index is 12.6. The van der Waals surface area contributed by atoms with E-state index in [1.54, 1.807) is 4.90 Å². The van der Waals surface area contributed by atoms with Crippen LogP contribution in [-0.4, -0.2) is 61.1 Å². The summed E-state index contributed by atoms with van der Waals surface area (Å²) in [7, 11) is 4.26. The summed E-state index contributed by atoms with van der Waals surface area (Å²) in [4.78, 5) is 35.4. The standard InChI is InChI=1S/C14H21N3O4/c1-6-17(7-2)14(19)11-10(13(18)16(3)21-5)8-9-15-12(11)20-4/h8-9H,6-7H2,1-5H3. The molecule has 0 aliphatic carbocycles. The van der Waals surface area contributed by atoms with Crippen LogP contribution in [0.25, 0.3) is 0 Å². The van der Waals surface area contributed by atoms with Gasteiger partial charge in [0.25, 0.3) is 11.8 Å². The SMILES string of the molecule is CCN(CC)C(=O)c1c(C(=O)N(C)OC)ccnc1OC. The molecule has 0 atom stereocenters. The number of carbonyl (C=O) groups is 2. The molecule has 0 unspecified atom stereocenters. The number of carbonyl (C=O) groups excluding carboxylic acids is 2. The van der Waals surface area contributed by atoms with Gasteiger partial charge in [-0.1, -0.05) is 0 Å². The van der Waals surface area contributed by atoms with Crippen molar-refractivity contribution in [2.24, 2.45) is 0 Å². The van der Waals surface area contributed by atoms with Crippen LogP contribution in [0.2, 0.25) is 0 Å². The van der Waals surface area contributed by atoms with Gasteiger partial charge in [-0.25, -0.2) is 10.0 Å². The highest BCUT2D eigenvalue weighted by molar-refractivity contribution is 6.08. The molecule has 0 spiro atoms. The number of aromatic nitrogens is 1. The average molecular weight is 295 g/mol. The first-order valence-corrected chi connectivity index (χ1v) is 6.66. The van der Waals surface area contributed by atoms with E-state index in [0.29, 0.717) is 13.1 Å². The van der Waals surface area contributed by atoms with Crippen molar-refractivity contribution in [3.05, 3.63) is 23.4 Å². The lowest BCUT2D eigenvalue weighted by Crippen LogP contribution is -2.34. The van der Waals surface area contributed by atoms with Crippen LogP contribution in [0.4, 0.5) is 0 Å². The summed E-state index contributed by atoms with van der Waals surface area (Å²) in [5.74, 6) is -0.603. The molecule has 0 fully saturated rings. The Labute approximate surface area is 124 Å². The van der Waals surface area contributed by atoms with Crippen LogP contribution in [0.15, 0.2) is 12.3 Å². The zero-order valence-corrected chi connectivity index (χ0v) is 13.0. The second-order valence-corrected chi connectivity index (χ2v) is 4.21. The molecular weight excluding hydrogens is 274 g/mol. The second kappa shape index (κ2) is 7.58. The van der Waals surface area contributed by atoms with Gasteiger partial charge in [-0.05, 0) is 19.9 Å². The Morgan fingerprint density at radius 3 is 2.29 bits per heavy atom. The third-order valence-corrected chi connectivity index (χ3v) is 3.16. The van der Waals surface area contributed by atoms with E-state index in [1.165, 1.54) is 33.5 Å². The fraction of sp³-hybridized carbons (Fsp3) is 0.500. The number of amides is 2. The van der Waals surface area contributed by atoms with E-state index in [1.807, 2.05) is 13.8 Å². The van der Waals surface area contributed by atoms with Gasteiger partial charge in [0.15, 0.2) is 0 Å². The van der Waals surface area contributed by atoms with Crippen molar-refractivity contribution in [1.29, 1.82) is 0 Å². The lowest BCUT2D eigenvalue weighted by atomic mass is 10.1. The molecule has 7 nitrogen and oxygen atoms in total. The molecule has 1 aromatic rings. The lowest BCUT2D eigenvalue weighted by Gasteiger charge is -2.22. The molecule has 116 valence electrons. The van der Waals surface area contributed by atoms with Gasteiger partial charge in [-0.2, -0.15) is 0 Å². The van der Waals surface area contributed by atoms with Crippen LogP contribution in [-0.2, 0) is 4.84 Å². The van der Waals surface area contributed by atoms with Crippen molar-refractivity contribution in [2.75, 3.05) is 34.4 Å². The van der Waals surface area contributed by atoms with E-state index >= 15 is 0 Å². The van der Waals surface area contributed by atoms with Crippen molar-refractivity contribution >= 4 is 11.8 Å². The summed E-state index contributed by atoms with van der Waals surface area (Å²) in [5.41, 5.74) is 0.348. The number of hydrogen-bond donors (Lipinski definition) is 0. The Balaban J connectivity index is 3.39. The molecule has 7 heteroatoms. The van der Waals surface area contributed by atoms with Gasteiger partial charge in [0.05, 0.1) is 19.8 Å². The largest absolute Gasteiger partial charge is 0.480 e. The monoisotopic (exact) mass is 295 g/mol. The van der Waals surface area contributed by atoms with Crippen molar-refractivity contribution < 1.29 is 19.2 Å². The van der Waals surface area contributed by atoms with Gasteiger partial charge in [-0.15, -0.1) is 0 Å². The first-order valence-electron chi connectivity index (χ1n) is 6.66. The van der Waals surface area contributed by atoms with Crippen molar-refractivity contribution in [3.8, 4) is 5.88 Å². The number of pyridine rings is 1. The topological polar surface area (TPSA) is 72.0 Å². The zero-order chi connectivity index (χ0) is 16.0. The fourth-order valence-corrected chi connectivity index (χ4v) is 1.90. The van der Waals surface area contributed by atoms with Crippen LogP contribution in [0, 0.1) is 0 Å². The molecule has 1 heterocycles. The fourth-order valence-electron chi connectivity index (χ4n) is 1.90. The zero-order valence-electron chi connectivity index (χ0n) is 13.0. The van der Waals surface area contributed by atoms with Crippen molar-refractivity contribution in [3.63, 3.8) is 0 Å². The minimum Gasteiger partial charge on any atom is -0.480 e. The van der Waals surface area contributed by atoms with Crippen molar-refractivity contribution in [2.45, 2.75) is 13.8 Å². The summed E-state index contributed by atoms with van der Waals surface area (Å²) < 4.78 is 5.14. The molecule has 0 aromatic carbocycles. The smallest absolute Gasteiger partial charge is 0.278 e. The minimum absolute atomic E-state index is 0.127. The summed E-state index contributed by atoms with van der Waals surface area (Å²) in [6, 6.07) is 1.48. The number of methoxy groups -OCH3 is 1. The molecule has 0 saturated carbocycles. The van der Waals surface area contributed by atoms with E-state index in [-0.39, 0.29) is 22.9 Å². The molecule has 0 saturated heterocycles. The average Bonchev–Trinajstić information content (AvgIpc) is 2.53. The number of rotatable bonds is 6. The van der Waals surface area contributed by atoms with Crippen LogP contribution >= 0.6 is 0 Å². The molecule has 0 aliphatic rings. The quantitative estimate of drug-likeness (QED) is 0.738. The molecule has 1 rings (SSSR count). The first kappa shape index (κ1) is 16.9. The van der Waals surface area contributed by atoms with Crippen molar-refractivity contribution in [1.82, 2.24) is 14.9 Å². The minimum atomic E-state index is -0.436. The first-order chi connectivity index (χ1) is 10.0. The van der Waals surface area contributed by atoms with E-state index in [4.69, 9.17) is 9.57 Å². The molecule has 1 aromatic heterocycles. The molecule has 0 N–H and O–H groups in total. The molecule has 0 aliphatic heterocycles. The Hall–Kier alpha value is -2.15. The van der Waals surface area contributed by atoms with Crippen LogP contribution < -0.4 is 4.74 Å². The molecule has 21 heavy (non-hydrogen) atoms. The third kappa shape index (κ3) is 3.49. The Kier molecular flexibility index (Phi) is 6.10. The van der Waals surface area contributed by atoms with Crippen LogP contribution in [0.5, 0.6) is 5.88 Å². The molecule has 2 amide bonds. The van der Waals surface area contributed by atoms with E-state index < -0.39 is 5.91 Å². The number of hydroxylamine groups is 2. The highest BCUT2D eigenvalue weighted by atomic mass is 16.7. The number of nitrogens with zero attached hydrogens (tertiary/aromatic N) is 3. The Bertz CT molecular complexity index is 515. The van der Waals surface area contributed by atoms with Gasteiger partial charge in [0.1, 0.15) is 5.56 Å². The highest BCUT2D eigenvalue weighted by Crippen LogP contribution is 2.22. The predicted molar refractivity (Wildman–Crippen MR) is 77.1 cm³/mol. The predicted octanol–water partition coefficient (Wildman–Crippen LogP) is 1.21. The maximum absolute atomic E-state index is 12.6. The van der Waals surface area contributed by atoms with Crippen LogP contribution in [0.1, 0.15) is 34.6 Å². The molecular formula is C14H21N3O4. The van der Waals surface area contributed by atoms with Crippen LogP contribution in [0.3, 0.4) is 0 Å². The summed E-state index contributed by atoms with van der Waals surface area (Å²) in [6.45, 7) is 4.79.